The van der Waals surface area contributed by atoms with Gasteiger partial charge in [-0.2, -0.15) is 0 Å². The number of hydrogen-bond donors (Lipinski definition) is 1. The maximum Gasteiger partial charge on any atom is 0.0470 e. The van der Waals surface area contributed by atoms with Crippen molar-refractivity contribution in [2.24, 2.45) is 5.41 Å². The molecule has 1 saturated heterocycles. The number of nitrogens with zero attached hydrogens (tertiary/aromatic N) is 1. The topological polar surface area (TPSA) is 15.3 Å². The SMILES string of the molecule is Cc1cccc(N2CC3(CC3)CNCC2(C)C)c1. The summed E-state index contributed by atoms with van der Waals surface area (Å²) in [5.74, 6) is 0. The van der Waals surface area contributed by atoms with E-state index in [2.05, 4.69) is 55.3 Å². The van der Waals surface area contributed by atoms with Crippen molar-refractivity contribution >= 4 is 5.69 Å². The second-order valence-electron chi connectivity index (χ2n) is 6.84. The van der Waals surface area contributed by atoms with E-state index in [1.54, 1.807) is 0 Å². The van der Waals surface area contributed by atoms with Crippen molar-refractivity contribution in [1.29, 1.82) is 0 Å². The van der Waals surface area contributed by atoms with Crippen LogP contribution in [0.15, 0.2) is 24.3 Å². The second-order valence-corrected chi connectivity index (χ2v) is 6.84. The number of rotatable bonds is 1. The minimum absolute atomic E-state index is 0.194. The zero-order chi connectivity index (χ0) is 12.8. The van der Waals surface area contributed by atoms with Gasteiger partial charge in [-0.1, -0.05) is 12.1 Å². The van der Waals surface area contributed by atoms with Crippen molar-refractivity contribution in [2.45, 2.75) is 39.2 Å². The van der Waals surface area contributed by atoms with E-state index in [0.29, 0.717) is 5.41 Å². The molecule has 98 valence electrons. The van der Waals surface area contributed by atoms with Gasteiger partial charge >= 0.3 is 0 Å². The first-order valence-electron chi connectivity index (χ1n) is 7.06. The lowest BCUT2D eigenvalue weighted by atomic mass is 9.99. The van der Waals surface area contributed by atoms with Gasteiger partial charge in [0, 0.05) is 36.3 Å². The molecule has 1 heterocycles. The molecule has 1 spiro atoms. The molecule has 0 bridgehead atoms. The fraction of sp³-hybridized carbons (Fsp3) is 0.625. The summed E-state index contributed by atoms with van der Waals surface area (Å²) in [5, 5.41) is 3.66. The molecule has 2 heteroatoms. The Kier molecular flexibility index (Phi) is 2.67. The summed E-state index contributed by atoms with van der Waals surface area (Å²) >= 11 is 0. The van der Waals surface area contributed by atoms with Gasteiger partial charge in [-0.05, 0) is 51.3 Å². The first-order valence-corrected chi connectivity index (χ1v) is 7.06. The molecule has 1 aromatic rings. The van der Waals surface area contributed by atoms with E-state index in [1.807, 2.05) is 0 Å². The Labute approximate surface area is 110 Å². The molecule has 0 aromatic heterocycles. The molecule has 2 fully saturated rings. The minimum atomic E-state index is 0.194. The Hall–Kier alpha value is -1.02. The predicted molar refractivity (Wildman–Crippen MR) is 77.1 cm³/mol. The maximum absolute atomic E-state index is 3.66. The van der Waals surface area contributed by atoms with Gasteiger partial charge in [0.15, 0.2) is 0 Å². The largest absolute Gasteiger partial charge is 0.365 e. The normalized spacial score (nSPS) is 24.9. The zero-order valence-electron chi connectivity index (χ0n) is 11.8. The highest BCUT2D eigenvalue weighted by Gasteiger charge is 2.47. The third kappa shape index (κ3) is 2.14. The van der Waals surface area contributed by atoms with E-state index < -0.39 is 0 Å². The quantitative estimate of drug-likeness (QED) is 0.817. The highest BCUT2D eigenvalue weighted by molar-refractivity contribution is 5.51. The summed E-state index contributed by atoms with van der Waals surface area (Å²) in [6.07, 6.45) is 2.77. The van der Waals surface area contributed by atoms with Gasteiger partial charge in [-0.25, -0.2) is 0 Å². The van der Waals surface area contributed by atoms with Gasteiger partial charge in [0.25, 0.3) is 0 Å². The summed E-state index contributed by atoms with van der Waals surface area (Å²) in [4.78, 5) is 2.62. The van der Waals surface area contributed by atoms with Crippen molar-refractivity contribution in [3.05, 3.63) is 29.8 Å². The van der Waals surface area contributed by atoms with Crippen LogP contribution in [0.2, 0.25) is 0 Å². The van der Waals surface area contributed by atoms with Crippen molar-refractivity contribution in [1.82, 2.24) is 5.32 Å². The third-order valence-electron chi connectivity index (χ3n) is 4.55. The molecular formula is C16H24N2. The summed E-state index contributed by atoms with van der Waals surface area (Å²) < 4.78 is 0. The number of nitrogens with one attached hydrogen (secondary N) is 1. The first-order chi connectivity index (χ1) is 8.51. The molecule has 0 radical (unpaired) electrons. The Bertz CT molecular complexity index is 446. The second kappa shape index (κ2) is 3.99. The van der Waals surface area contributed by atoms with Crippen LogP contribution in [-0.2, 0) is 0 Å². The molecule has 0 amide bonds. The molecule has 3 rings (SSSR count). The van der Waals surface area contributed by atoms with E-state index in [0.717, 1.165) is 6.54 Å². The van der Waals surface area contributed by atoms with Crippen molar-refractivity contribution in [3.8, 4) is 0 Å². The molecule has 1 aliphatic heterocycles. The molecule has 2 nitrogen and oxygen atoms in total. The van der Waals surface area contributed by atoms with Gasteiger partial charge in [0.05, 0.1) is 0 Å². The van der Waals surface area contributed by atoms with Gasteiger partial charge in [-0.3, -0.25) is 0 Å². The van der Waals surface area contributed by atoms with Crippen LogP contribution in [0.1, 0.15) is 32.3 Å². The van der Waals surface area contributed by atoms with Gasteiger partial charge in [-0.15, -0.1) is 0 Å². The van der Waals surface area contributed by atoms with Crippen LogP contribution in [0.4, 0.5) is 5.69 Å². The zero-order valence-corrected chi connectivity index (χ0v) is 11.8. The van der Waals surface area contributed by atoms with E-state index >= 15 is 0 Å². The van der Waals surface area contributed by atoms with Gasteiger partial charge in [0.1, 0.15) is 0 Å². The van der Waals surface area contributed by atoms with Crippen molar-refractivity contribution in [2.75, 3.05) is 24.5 Å². The van der Waals surface area contributed by atoms with Crippen LogP contribution in [0.3, 0.4) is 0 Å². The Balaban J connectivity index is 1.95. The lowest BCUT2D eigenvalue weighted by Crippen LogP contribution is -2.49. The summed E-state index contributed by atoms with van der Waals surface area (Å²) in [7, 11) is 0. The van der Waals surface area contributed by atoms with E-state index in [4.69, 9.17) is 0 Å². The van der Waals surface area contributed by atoms with Crippen LogP contribution >= 0.6 is 0 Å². The summed E-state index contributed by atoms with van der Waals surface area (Å²) in [5.41, 5.74) is 3.48. The van der Waals surface area contributed by atoms with E-state index in [9.17, 15) is 0 Å². The van der Waals surface area contributed by atoms with Gasteiger partial charge < -0.3 is 10.2 Å². The minimum Gasteiger partial charge on any atom is -0.365 e. The molecule has 1 N–H and O–H groups in total. The molecule has 1 saturated carbocycles. The fourth-order valence-corrected chi connectivity index (χ4v) is 3.08. The highest BCUT2D eigenvalue weighted by atomic mass is 15.2. The average Bonchev–Trinajstić information content (AvgIpc) is 3.07. The lowest BCUT2D eigenvalue weighted by Gasteiger charge is -2.40. The standard InChI is InChI=1S/C16H24N2/c1-13-5-4-6-14(9-13)18-12-16(7-8-16)11-17-10-15(18,2)3/h4-6,9,17H,7-8,10-12H2,1-3H3. The predicted octanol–water partition coefficient (Wildman–Crippen LogP) is 2.96. The molecular weight excluding hydrogens is 220 g/mol. The van der Waals surface area contributed by atoms with Crippen molar-refractivity contribution in [3.63, 3.8) is 0 Å². The highest BCUT2D eigenvalue weighted by Crippen LogP contribution is 2.48. The Morgan fingerprint density at radius 3 is 2.61 bits per heavy atom. The third-order valence-corrected chi connectivity index (χ3v) is 4.55. The number of hydrogen-bond acceptors (Lipinski definition) is 2. The summed E-state index contributed by atoms with van der Waals surface area (Å²) in [6.45, 7) is 10.4. The average molecular weight is 244 g/mol. The molecule has 1 aliphatic carbocycles. The van der Waals surface area contributed by atoms with Crippen molar-refractivity contribution < 1.29 is 0 Å². The van der Waals surface area contributed by atoms with Crippen LogP contribution in [0, 0.1) is 12.3 Å². The van der Waals surface area contributed by atoms with Crippen LogP contribution < -0.4 is 10.2 Å². The number of aryl methyl sites for hydroxylation is 1. The monoisotopic (exact) mass is 244 g/mol. The Morgan fingerprint density at radius 1 is 1.17 bits per heavy atom. The fourth-order valence-electron chi connectivity index (χ4n) is 3.08. The van der Waals surface area contributed by atoms with E-state index in [-0.39, 0.29) is 5.54 Å². The van der Waals surface area contributed by atoms with Crippen LogP contribution in [0.25, 0.3) is 0 Å². The molecule has 1 aromatic carbocycles. The smallest absolute Gasteiger partial charge is 0.0470 e. The summed E-state index contributed by atoms with van der Waals surface area (Å²) in [6, 6.07) is 8.94. The van der Waals surface area contributed by atoms with Gasteiger partial charge in [0.2, 0.25) is 0 Å². The number of anilines is 1. The maximum atomic E-state index is 3.66. The van der Waals surface area contributed by atoms with Crippen LogP contribution in [-0.4, -0.2) is 25.2 Å². The first kappa shape index (κ1) is 12.0. The van der Waals surface area contributed by atoms with Crippen LogP contribution in [0.5, 0.6) is 0 Å². The molecule has 0 atom stereocenters. The molecule has 0 unspecified atom stereocenters. The lowest BCUT2D eigenvalue weighted by molar-refractivity contribution is 0.456. The molecule has 2 aliphatic rings. The number of benzene rings is 1. The molecule has 18 heavy (non-hydrogen) atoms. The van der Waals surface area contributed by atoms with E-state index in [1.165, 1.54) is 37.2 Å². The Morgan fingerprint density at radius 2 is 1.94 bits per heavy atom.